The Morgan fingerprint density at radius 3 is 3.00 bits per heavy atom. The maximum absolute atomic E-state index is 5.71. The highest BCUT2D eigenvalue weighted by Gasteiger charge is 2.12. The predicted octanol–water partition coefficient (Wildman–Crippen LogP) is 3.56. The maximum Gasteiger partial charge on any atom is 0.263 e. The molecule has 5 nitrogen and oxygen atoms in total. The van der Waals surface area contributed by atoms with Crippen molar-refractivity contribution >= 4 is 33.9 Å². The minimum Gasteiger partial charge on any atom is -0.431 e. The van der Waals surface area contributed by atoms with E-state index in [1.807, 2.05) is 37.3 Å². The first-order chi connectivity index (χ1) is 9.79. The second-order valence-corrected chi connectivity index (χ2v) is 5.38. The third-order valence-electron chi connectivity index (χ3n) is 2.98. The average molecular weight is 282 g/mol. The summed E-state index contributed by atoms with van der Waals surface area (Å²) in [5.41, 5.74) is 3.52. The molecule has 0 saturated heterocycles. The van der Waals surface area contributed by atoms with Crippen molar-refractivity contribution < 1.29 is 4.42 Å². The molecule has 3 aromatic heterocycles. The Morgan fingerprint density at radius 2 is 2.10 bits per heavy atom. The van der Waals surface area contributed by atoms with Crippen LogP contribution < -0.4 is 0 Å². The van der Waals surface area contributed by atoms with Crippen LogP contribution in [0.25, 0.3) is 22.1 Å². The van der Waals surface area contributed by atoms with E-state index in [0.717, 1.165) is 32.9 Å². The van der Waals surface area contributed by atoms with Gasteiger partial charge in [0, 0.05) is 5.69 Å². The molecule has 0 bridgehead atoms. The first-order valence-electron chi connectivity index (χ1n) is 6.13. The number of nitrogens with zero attached hydrogens (tertiary/aromatic N) is 3. The Bertz CT molecular complexity index is 879. The monoisotopic (exact) mass is 282 g/mol. The molecule has 0 atom stereocenters. The molecule has 0 spiro atoms. The number of aromatic nitrogens is 4. The molecule has 1 N–H and O–H groups in total. The van der Waals surface area contributed by atoms with Crippen LogP contribution in [-0.4, -0.2) is 19.9 Å². The van der Waals surface area contributed by atoms with Crippen LogP contribution in [0.2, 0.25) is 0 Å². The number of nitrogens with one attached hydrogen (secondary N) is 1. The molecule has 0 amide bonds. The van der Waals surface area contributed by atoms with Gasteiger partial charge in [0.2, 0.25) is 0 Å². The summed E-state index contributed by atoms with van der Waals surface area (Å²) in [4.78, 5) is 16.2. The van der Waals surface area contributed by atoms with Gasteiger partial charge in [0.15, 0.2) is 5.58 Å². The molecule has 6 heteroatoms. The van der Waals surface area contributed by atoms with Gasteiger partial charge in [-0.2, -0.15) is 0 Å². The quantitative estimate of drug-likeness (QED) is 0.569. The molecule has 4 aromatic rings. The molecule has 1 aromatic carbocycles. The van der Waals surface area contributed by atoms with Crippen LogP contribution in [0.4, 0.5) is 0 Å². The first-order valence-corrected chi connectivity index (χ1v) is 6.95. The zero-order chi connectivity index (χ0) is 13.5. The molecule has 0 aliphatic rings. The molecule has 0 saturated carbocycles. The normalized spacial score (nSPS) is 11.4. The topological polar surface area (TPSA) is 67.6 Å². The van der Waals surface area contributed by atoms with Gasteiger partial charge in [0.05, 0.1) is 5.39 Å². The lowest BCUT2D eigenvalue weighted by Crippen LogP contribution is -1.84. The van der Waals surface area contributed by atoms with Crippen molar-refractivity contribution in [3.05, 3.63) is 42.4 Å². The molecule has 98 valence electrons. The van der Waals surface area contributed by atoms with E-state index in [1.165, 1.54) is 11.8 Å². The van der Waals surface area contributed by atoms with Crippen LogP contribution in [0.5, 0.6) is 0 Å². The molecule has 0 fully saturated rings. The van der Waals surface area contributed by atoms with Crippen molar-refractivity contribution in [3.8, 4) is 0 Å². The fraction of sp³-hybridized carbons (Fsp3) is 0.0714. The van der Waals surface area contributed by atoms with Gasteiger partial charge in [0.25, 0.3) is 5.22 Å². The van der Waals surface area contributed by atoms with Crippen LogP contribution >= 0.6 is 11.8 Å². The van der Waals surface area contributed by atoms with E-state index in [4.69, 9.17) is 4.42 Å². The zero-order valence-electron chi connectivity index (χ0n) is 10.6. The first kappa shape index (κ1) is 11.5. The lowest BCUT2D eigenvalue weighted by Gasteiger charge is -1.96. The Balaban J connectivity index is 1.80. The van der Waals surface area contributed by atoms with Gasteiger partial charge in [0.1, 0.15) is 22.5 Å². The third-order valence-corrected chi connectivity index (χ3v) is 3.85. The Hall–Kier alpha value is -2.34. The van der Waals surface area contributed by atoms with E-state index in [0.29, 0.717) is 5.22 Å². The lowest BCUT2D eigenvalue weighted by molar-refractivity contribution is 0.489. The van der Waals surface area contributed by atoms with Crippen molar-refractivity contribution in [2.75, 3.05) is 0 Å². The van der Waals surface area contributed by atoms with E-state index >= 15 is 0 Å². The van der Waals surface area contributed by atoms with E-state index in [1.54, 1.807) is 6.33 Å². The fourth-order valence-electron chi connectivity index (χ4n) is 2.11. The summed E-state index contributed by atoms with van der Waals surface area (Å²) in [7, 11) is 0. The van der Waals surface area contributed by atoms with Gasteiger partial charge in [-0.25, -0.2) is 15.0 Å². The summed E-state index contributed by atoms with van der Waals surface area (Å²) in [6.45, 7) is 2.00. The largest absolute Gasteiger partial charge is 0.431 e. The maximum atomic E-state index is 5.71. The van der Waals surface area contributed by atoms with Gasteiger partial charge in [-0.05, 0) is 36.9 Å². The molecule has 0 aliphatic heterocycles. The van der Waals surface area contributed by atoms with E-state index in [9.17, 15) is 0 Å². The number of oxazole rings is 1. The van der Waals surface area contributed by atoms with Crippen molar-refractivity contribution in [3.63, 3.8) is 0 Å². The summed E-state index contributed by atoms with van der Waals surface area (Å²) < 4.78 is 5.71. The zero-order valence-corrected chi connectivity index (χ0v) is 11.4. The van der Waals surface area contributed by atoms with Crippen LogP contribution in [0.3, 0.4) is 0 Å². The standard InChI is InChI=1S/C14H10N4OS/c1-8-6-9-12(17-8)15-7-16-13(9)20-14-18-10-4-2-3-5-11(10)19-14/h2-7H,1H3,(H,15,16,17). The van der Waals surface area contributed by atoms with Crippen molar-refractivity contribution in [2.45, 2.75) is 17.2 Å². The molecule has 0 aliphatic carbocycles. The number of hydrogen-bond donors (Lipinski definition) is 1. The van der Waals surface area contributed by atoms with Gasteiger partial charge < -0.3 is 9.40 Å². The molecular formula is C14H10N4OS. The summed E-state index contributed by atoms with van der Waals surface area (Å²) >= 11 is 1.41. The average Bonchev–Trinajstić information content (AvgIpc) is 3.01. The minimum atomic E-state index is 0.588. The van der Waals surface area contributed by atoms with E-state index in [2.05, 4.69) is 19.9 Å². The summed E-state index contributed by atoms with van der Waals surface area (Å²) in [5, 5.41) is 2.41. The Labute approximate surface area is 118 Å². The number of hydrogen-bond acceptors (Lipinski definition) is 5. The highest BCUT2D eigenvalue weighted by Crippen LogP contribution is 2.32. The number of aryl methyl sites for hydroxylation is 1. The fourth-order valence-corrected chi connectivity index (χ4v) is 2.91. The molecule has 20 heavy (non-hydrogen) atoms. The van der Waals surface area contributed by atoms with Crippen molar-refractivity contribution in [2.24, 2.45) is 0 Å². The second kappa shape index (κ2) is 4.35. The summed E-state index contributed by atoms with van der Waals surface area (Å²) in [6, 6.07) is 9.74. The minimum absolute atomic E-state index is 0.588. The lowest BCUT2D eigenvalue weighted by atomic mass is 10.3. The number of para-hydroxylation sites is 2. The number of fused-ring (bicyclic) bond motifs is 2. The van der Waals surface area contributed by atoms with Crippen LogP contribution in [0, 0.1) is 6.92 Å². The SMILES string of the molecule is Cc1cc2c(Sc3nc4ccccc4o3)ncnc2[nH]1. The highest BCUT2D eigenvalue weighted by atomic mass is 32.2. The number of rotatable bonds is 2. The predicted molar refractivity (Wildman–Crippen MR) is 76.8 cm³/mol. The van der Waals surface area contributed by atoms with Crippen LogP contribution in [0.1, 0.15) is 5.69 Å². The molecular weight excluding hydrogens is 272 g/mol. The summed E-state index contributed by atoms with van der Waals surface area (Å²) in [5.74, 6) is 0. The second-order valence-electron chi connectivity index (χ2n) is 4.44. The number of H-pyrrole nitrogens is 1. The number of benzene rings is 1. The molecule has 3 heterocycles. The van der Waals surface area contributed by atoms with E-state index in [-0.39, 0.29) is 0 Å². The van der Waals surface area contributed by atoms with Crippen LogP contribution in [0.15, 0.2) is 51.3 Å². The van der Waals surface area contributed by atoms with Gasteiger partial charge >= 0.3 is 0 Å². The van der Waals surface area contributed by atoms with E-state index < -0.39 is 0 Å². The van der Waals surface area contributed by atoms with Crippen molar-refractivity contribution in [1.82, 2.24) is 19.9 Å². The molecule has 4 rings (SSSR count). The summed E-state index contributed by atoms with van der Waals surface area (Å²) in [6.07, 6.45) is 1.54. The Morgan fingerprint density at radius 1 is 1.20 bits per heavy atom. The third kappa shape index (κ3) is 1.85. The van der Waals surface area contributed by atoms with Crippen molar-refractivity contribution in [1.29, 1.82) is 0 Å². The smallest absolute Gasteiger partial charge is 0.263 e. The molecule has 0 unspecified atom stereocenters. The number of aromatic amines is 1. The van der Waals surface area contributed by atoms with Gasteiger partial charge in [-0.15, -0.1) is 0 Å². The highest BCUT2D eigenvalue weighted by molar-refractivity contribution is 7.99. The van der Waals surface area contributed by atoms with Gasteiger partial charge in [-0.1, -0.05) is 12.1 Å². The van der Waals surface area contributed by atoms with Gasteiger partial charge in [-0.3, -0.25) is 0 Å². The Kier molecular flexibility index (Phi) is 2.50. The molecule has 0 radical (unpaired) electrons. The van der Waals surface area contributed by atoms with Crippen LogP contribution in [-0.2, 0) is 0 Å².